The van der Waals surface area contributed by atoms with Gasteiger partial charge in [0.2, 0.25) is 5.75 Å². The first kappa shape index (κ1) is 14.0. The molecule has 0 radical (unpaired) electrons. The molecule has 1 aromatic carbocycles. The highest BCUT2D eigenvalue weighted by Crippen LogP contribution is 2.43. The quantitative estimate of drug-likeness (QED) is 0.792. The maximum Gasteiger partial charge on any atom is 0.203 e. The molecular weight excluding hydrogens is 236 g/mol. The zero-order valence-electron chi connectivity index (χ0n) is 10.8. The van der Waals surface area contributed by atoms with Crippen LogP contribution in [-0.4, -0.2) is 27.1 Å². The standard InChI is InChI=1S/C13H20O3S/c1-9(7-8-17)10-5-6-11(14-2)13(16-4)12(10)15-3/h5-6,9,17H,7-8H2,1-4H3. The summed E-state index contributed by atoms with van der Waals surface area (Å²) in [6.45, 7) is 2.15. The van der Waals surface area contributed by atoms with Gasteiger partial charge in [-0.25, -0.2) is 0 Å². The van der Waals surface area contributed by atoms with Crippen LogP contribution >= 0.6 is 12.6 Å². The molecule has 1 aromatic rings. The first-order valence-electron chi connectivity index (χ1n) is 5.59. The van der Waals surface area contributed by atoms with Gasteiger partial charge in [-0.3, -0.25) is 0 Å². The van der Waals surface area contributed by atoms with Crippen LogP contribution < -0.4 is 14.2 Å². The molecule has 0 spiro atoms. The van der Waals surface area contributed by atoms with E-state index in [1.807, 2.05) is 12.1 Å². The van der Waals surface area contributed by atoms with E-state index in [1.54, 1.807) is 21.3 Å². The predicted octanol–water partition coefficient (Wildman–Crippen LogP) is 3.14. The number of thiol groups is 1. The molecule has 0 saturated heterocycles. The lowest BCUT2D eigenvalue weighted by molar-refractivity contribution is 0.321. The third-order valence-corrected chi connectivity index (χ3v) is 3.09. The van der Waals surface area contributed by atoms with Crippen LogP contribution in [0.4, 0.5) is 0 Å². The Balaban J connectivity index is 3.22. The van der Waals surface area contributed by atoms with E-state index in [-0.39, 0.29) is 0 Å². The second-order valence-corrected chi connectivity index (χ2v) is 4.28. The number of hydrogen-bond donors (Lipinski definition) is 1. The normalized spacial score (nSPS) is 12.1. The second-order valence-electron chi connectivity index (χ2n) is 3.84. The van der Waals surface area contributed by atoms with Gasteiger partial charge in [0, 0.05) is 5.56 Å². The van der Waals surface area contributed by atoms with Crippen LogP contribution in [0.25, 0.3) is 0 Å². The fourth-order valence-corrected chi connectivity index (χ4v) is 2.25. The van der Waals surface area contributed by atoms with Crippen molar-refractivity contribution < 1.29 is 14.2 Å². The first-order chi connectivity index (χ1) is 8.19. The molecule has 17 heavy (non-hydrogen) atoms. The van der Waals surface area contributed by atoms with Crippen molar-refractivity contribution in [2.75, 3.05) is 27.1 Å². The molecule has 0 N–H and O–H groups in total. The van der Waals surface area contributed by atoms with Crippen molar-refractivity contribution in [1.29, 1.82) is 0 Å². The highest BCUT2D eigenvalue weighted by atomic mass is 32.1. The molecule has 0 saturated carbocycles. The zero-order chi connectivity index (χ0) is 12.8. The van der Waals surface area contributed by atoms with E-state index in [0.717, 1.165) is 23.5 Å². The molecule has 1 rings (SSSR count). The van der Waals surface area contributed by atoms with Crippen LogP contribution in [0.1, 0.15) is 24.8 Å². The zero-order valence-corrected chi connectivity index (χ0v) is 11.7. The Morgan fingerprint density at radius 1 is 1.06 bits per heavy atom. The molecule has 0 aromatic heterocycles. The molecule has 0 heterocycles. The molecule has 0 amide bonds. The van der Waals surface area contributed by atoms with E-state index in [4.69, 9.17) is 14.2 Å². The predicted molar refractivity (Wildman–Crippen MR) is 73.0 cm³/mol. The highest BCUT2D eigenvalue weighted by Gasteiger charge is 2.19. The average molecular weight is 256 g/mol. The number of ether oxygens (including phenoxy) is 3. The monoisotopic (exact) mass is 256 g/mol. The molecule has 1 atom stereocenters. The maximum atomic E-state index is 5.45. The van der Waals surface area contributed by atoms with Crippen molar-refractivity contribution in [2.45, 2.75) is 19.3 Å². The number of methoxy groups -OCH3 is 3. The third-order valence-electron chi connectivity index (χ3n) is 2.83. The summed E-state index contributed by atoms with van der Waals surface area (Å²) in [5.41, 5.74) is 1.12. The van der Waals surface area contributed by atoms with Crippen molar-refractivity contribution in [2.24, 2.45) is 0 Å². The van der Waals surface area contributed by atoms with E-state index in [0.29, 0.717) is 17.4 Å². The Bertz CT molecular complexity index is 366. The summed E-state index contributed by atoms with van der Waals surface area (Å²) < 4.78 is 16.1. The van der Waals surface area contributed by atoms with Gasteiger partial charge < -0.3 is 14.2 Å². The Hall–Kier alpha value is -1.03. The van der Waals surface area contributed by atoms with E-state index in [2.05, 4.69) is 19.6 Å². The summed E-state index contributed by atoms with van der Waals surface area (Å²) in [5.74, 6) is 3.31. The molecule has 0 aliphatic carbocycles. The Morgan fingerprint density at radius 3 is 2.18 bits per heavy atom. The van der Waals surface area contributed by atoms with Crippen LogP contribution in [-0.2, 0) is 0 Å². The summed E-state index contributed by atoms with van der Waals surface area (Å²) in [6, 6.07) is 3.93. The summed E-state index contributed by atoms with van der Waals surface area (Å²) >= 11 is 4.26. The SMILES string of the molecule is COc1ccc(C(C)CCS)c(OC)c1OC. The van der Waals surface area contributed by atoms with Crippen LogP contribution in [0.3, 0.4) is 0 Å². The van der Waals surface area contributed by atoms with Gasteiger partial charge in [0.1, 0.15) is 0 Å². The van der Waals surface area contributed by atoms with Gasteiger partial charge in [0.05, 0.1) is 21.3 Å². The van der Waals surface area contributed by atoms with E-state index < -0.39 is 0 Å². The molecule has 0 bridgehead atoms. The maximum absolute atomic E-state index is 5.45. The summed E-state index contributed by atoms with van der Waals surface area (Å²) in [4.78, 5) is 0. The van der Waals surface area contributed by atoms with Crippen molar-refractivity contribution >= 4 is 12.6 Å². The minimum atomic E-state index is 0.377. The summed E-state index contributed by atoms with van der Waals surface area (Å²) in [5, 5.41) is 0. The van der Waals surface area contributed by atoms with Crippen LogP contribution in [0.5, 0.6) is 17.2 Å². The van der Waals surface area contributed by atoms with Crippen molar-refractivity contribution in [1.82, 2.24) is 0 Å². The lowest BCUT2D eigenvalue weighted by atomic mass is 9.97. The lowest BCUT2D eigenvalue weighted by Crippen LogP contribution is -2.02. The van der Waals surface area contributed by atoms with Crippen LogP contribution in [0.15, 0.2) is 12.1 Å². The van der Waals surface area contributed by atoms with E-state index in [9.17, 15) is 0 Å². The van der Waals surface area contributed by atoms with Gasteiger partial charge in [0.15, 0.2) is 11.5 Å². The van der Waals surface area contributed by atoms with Gasteiger partial charge in [-0.15, -0.1) is 0 Å². The Kier molecular flexibility index (Phi) is 5.48. The van der Waals surface area contributed by atoms with Gasteiger partial charge in [0.25, 0.3) is 0 Å². The fourth-order valence-electron chi connectivity index (χ4n) is 1.86. The van der Waals surface area contributed by atoms with Crippen molar-refractivity contribution in [3.05, 3.63) is 17.7 Å². The molecule has 0 aliphatic rings. The minimum Gasteiger partial charge on any atom is -0.493 e. The number of benzene rings is 1. The van der Waals surface area contributed by atoms with Crippen molar-refractivity contribution in [3.63, 3.8) is 0 Å². The van der Waals surface area contributed by atoms with E-state index in [1.165, 1.54) is 0 Å². The molecule has 0 aliphatic heterocycles. The molecule has 0 fully saturated rings. The Morgan fingerprint density at radius 2 is 1.71 bits per heavy atom. The minimum absolute atomic E-state index is 0.377. The smallest absolute Gasteiger partial charge is 0.203 e. The molecule has 3 nitrogen and oxygen atoms in total. The van der Waals surface area contributed by atoms with Gasteiger partial charge in [-0.1, -0.05) is 13.0 Å². The summed E-state index contributed by atoms with van der Waals surface area (Å²) in [6.07, 6.45) is 0.995. The topological polar surface area (TPSA) is 27.7 Å². The molecule has 4 heteroatoms. The van der Waals surface area contributed by atoms with Crippen LogP contribution in [0.2, 0.25) is 0 Å². The largest absolute Gasteiger partial charge is 0.493 e. The van der Waals surface area contributed by atoms with Gasteiger partial charge in [-0.05, 0) is 24.2 Å². The highest BCUT2D eigenvalue weighted by molar-refractivity contribution is 7.80. The second kappa shape index (κ2) is 6.64. The molecular formula is C13H20O3S. The third kappa shape index (κ3) is 3.00. The van der Waals surface area contributed by atoms with E-state index >= 15 is 0 Å². The average Bonchev–Trinajstić information content (AvgIpc) is 2.36. The summed E-state index contributed by atoms with van der Waals surface area (Å²) in [7, 11) is 4.88. The van der Waals surface area contributed by atoms with Crippen LogP contribution in [0, 0.1) is 0 Å². The van der Waals surface area contributed by atoms with Gasteiger partial charge >= 0.3 is 0 Å². The van der Waals surface area contributed by atoms with Gasteiger partial charge in [-0.2, -0.15) is 12.6 Å². The lowest BCUT2D eigenvalue weighted by Gasteiger charge is -2.19. The first-order valence-corrected chi connectivity index (χ1v) is 6.22. The number of rotatable bonds is 6. The molecule has 96 valence electrons. The number of hydrogen-bond acceptors (Lipinski definition) is 4. The fraction of sp³-hybridized carbons (Fsp3) is 0.538. The van der Waals surface area contributed by atoms with Crippen molar-refractivity contribution in [3.8, 4) is 17.2 Å². The molecule has 1 unspecified atom stereocenters. The Labute approximate surface area is 108 Å².